The second-order valence-electron chi connectivity index (χ2n) is 5.05. The highest BCUT2D eigenvalue weighted by atomic mass is 16.5. The van der Waals surface area contributed by atoms with Crippen LogP contribution in [0.25, 0.3) is 0 Å². The maximum Gasteiger partial charge on any atom is 0.165 e. The predicted molar refractivity (Wildman–Crippen MR) is 83.7 cm³/mol. The SMILES string of the molecule is COc1ccc(N[C@@H]2C=CC(=O)[C@H]2c2ccccc2)cc1. The highest BCUT2D eigenvalue weighted by Crippen LogP contribution is 2.29. The topological polar surface area (TPSA) is 38.3 Å². The molecule has 3 heteroatoms. The van der Waals surface area contributed by atoms with Gasteiger partial charge in [0, 0.05) is 5.69 Å². The summed E-state index contributed by atoms with van der Waals surface area (Å²) in [6.45, 7) is 0. The van der Waals surface area contributed by atoms with Gasteiger partial charge >= 0.3 is 0 Å². The molecular formula is C18H17NO2. The number of benzene rings is 2. The van der Waals surface area contributed by atoms with Crippen molar-refractivity contribution >= 4 is 11.5 Å². The highest BCUT2D eigenvalue weighted by molar-refractivity contribution is 5.99. The fourth-order valence-corrected chi connectivity index (χ4v) is 2.63. The Balaban J connectivity index is 1.80. The van der Waals surface area contributed by atoms with Crippen molar-refractivity contribution in [3.05, 3.63) is 72.3 Å². The zero-order valence-corrected chi connectivity index (χ0v) is 11.8. The van der Waals surface area contributed by atoms with Crippen LogP contribution in [-0.2, 0) is 4.79 Å². The molecule has 1 N–H and O–H groups in total. The van der Waals surface area contributed by atoms with Gasteiger partial charge in [0.2, 0.25) is 0 Å². The van der Waals surface area contributed by atoms with E-state index in [4.69, 9.17) is 4.74 Å². The Bertz CT molecular complexity index is 647. The summed E-state index contributed by atoms with van der Waals surface area (Å²) >= 11 is 0. The van der Waals surface area contributed by atoms with Crippen molar-refractivity contribution in [2.45, 2.75) is 12.0 Å². The van der Waals surface area contributed by atoms with Crippen LogP contribution in [0.4, 0.5) is 5.69 Å². The summed E-state index contributed by atoms with van der Waals surface area (Å²) in [4.78, 5) is 12.1. The van der Waals surface area contributed by atoms with E-state index in [9.17, 15) is 4.79 Å². The number of hydrogen-bond acceptors (Lipinski definition) is 3. The largest absolute Gasteiger partial charge is 0.497 e. The number of rotatable bonds is 4. The van der Waals surface area contributed by atoms with Crippen LogP contribution in [0.2, 0.25) is 0 Å². The second kappa shape index (κ2) is 5.83. The molecule has 0 amide bonds. The standard InChI is InChI=1S/C18H17NO2/c1-21-15-9-7-14(8-10-15)19-16-11-12-17(20)18(16)13-5-3-2-4-6-13/h2-12,16,18-19H,1H3/t16-,18+/m1/s1. The molecule has 1 aliphatic rings. The smallest absolute Gasteiger partial charge is 0.165 e. The molecule has 0 saturated carbocycles. The van der Waals surface area contributed by atoms with Gasteiger partial charge in [0.1, 0.15) is 5.75 Å². The van der Waals surface area contributed by atoms with E-state index in [2.05, 4.69) is 5.32 Å². The van der Waals surface area contributed by atoms with Crippen molar-refractivity contribution in [1.29, 1.82) is 0 Å². The van der Waals surface area contributed by atoms with Gasteiger partial charge in [-0.05, 0) is 35.9 Å². The molecule has 0 heterocycles. The molecule has 3 nitrogen and oxygen atoms in total. The van der Waals surface area contributed by atoms with Crippen molar-refractivity contribution in [2.75, 3.05) is 12.4 Å². The lowest BCUT2D eigenvalue weighted by Crippen LogP contribution is -2.25. The van der Waals surface area contributed by atoms with Crippen LogP contribution in [0.5, 0.6) is 5.75 Å². The Hall–Kier alpha value is -2.55. The quantitative estimate of drug-likeness (QED) is 0.932. The summed E-state index contributed by atoms with van der Waals surface area (Å²) in [5.74, 6) is 0.804. The first kappa shape index (κ1) is 13.4. The molecule has 2 atom stereocenters. The Kier molecular flexibility index (Phi) is 3.73. The van der Waals surface area contributed by atoms with Gasteiger partial charge in [0.05, 0.1) is 19.1 Å². The van der Waals surface area contributed by atoms with Gasteiger partial charge in [-0.2, -0.15) is 0 Å². The molecule has 3 rings (SSSR count). The lowest BCUT2D eigenvalue weighted by Gasteiger charge is -2.21. The van der Waals surface area contributed by atoms with Crippen molar-refractivity contribution in [2.24, 2.45) is 0 Å². The van der Waals surface area contributed by atoms with Crippen LogP contribution in [0.1, 0.15) is 11.5 Å². The second-order valence-corrected chi connectivity index (χ2v) is 5.05. The van der Waals surface area contributed by atoms with Gasteiger partial charge in [0.15, 0.2) is 5.78 Å². The van der Waals surface area contributed by atoms with Crippen LogP contribution >= 0.6 is 0 Å². The van der Waals surface area contributed by atoms with Crippen LogP contribution < -0.4 is 10.1 Å². The molecule has 0 radical (unpaired) electrons. The average molecular weight is 279 g/mol. The third kappa shape index (κ3) is 2.82. The molecule has 2 aromatic carbocycles. The lowest BCUT2D eigenvalue weighted by molar-refractivity contribution is -0.115. The summed E-state index contributed by atoms with van der Waals surface area (Å²) < 4.78 is 5.15. The first-order chi connectivity index (χ1) is 10.3. The number of allylic oxidation sites excluding steroid dienone is 1. The summed E-state index contributed by atoms with van der Waals surface area (Å²) in [6.07, 6.45) is 3.60. The molecule has 0 bridgehead atoms. The molecule has 0 fully saturated rings. The number of methoxy groups -OCH3 is 1. The molecular weight excluding hydrogens is 262 g/mol. The van der Waals surface area contributed by atoms with E-state index in [1.165, 1.54) is 0 Å². The van der Waals surface area contributed by atoms with E-state index < -0.39 is 0 Å². The van der Waals surface area contributed by atoms with Crippen LogP contribution in [0.15, 0.2) is 66.7 Å². The Morgan fingerprint density at radius 2 is 1.71 bits per heavy atom. The van der Waals surface area contributed by atoms with Crippen LogP contribution in [0.3, 0.4) is 0 Å². The Morgan fingerprint density at radius 3 is 2.38 bits per heavy atom. The first-order valence-electron chi connectivity index (χ1n) is 6.95. The Labute approximate surface area is 124 Å². The summed E-state index contributed by atoms with van der Waals surface area (Å²) in [5.41, 5.74) is 2.01. The average Bonchev–Trinajstić information content (AvgIpc) is 2.89. The summed E-state index contributed by atoms with van der Waals surface area (Å²) in [7, 11) is 1.65. The van der Waals surface area contributed by atoms with Crippen molar-refractivity contribution in [1.82, 2.24) is 0 Å². The summed E-state index contributed by atoms with van der Waals surface area (Å²) in [6, 6.07) is 17.6. The molecule has 0 saturated heterocycles. The van der Waals surface area contributed by atoms with E-state index in [0.29, 0.717) is 0 Å². The fourth-order valence-electron chi connectivity index (χ4n) is 2.63. The van der Waals surface area contributed by atoms with Crippen molar-refractivity contribution < 1.29 is 9.53 Å². The maximum absolute atomic E-state index is 12.1. The third-order valence-corrected chi connectivity index (χ3v) is 3.72. The number of carbonyl (C=O) groups excluding carboxylic acids is 1. The minimum absolute atomic E-state index is 0.0201. The molecule has 2 aromatic rings. The van der Waals surface area contributed by atoms with Crippen molar-refractivity contribution in [3.63, 3.8) is 0 Å². The normalized spacial score (nSPS) is 20.5. The minimum Gasteiger partial charge on any atom is -0.497 e. The molecule has 0 aromatic heterocycles. The minimum atomic E-state index is -0.159. The van der Waals surface area contributed by atoms with E-state index in [-0.39, 0.29) is 17.7 Å². The van der Waals surface area contributed by atoms with Crippen LogP contribution in [0, 0.1) is 0 Å². The van der Waals surface area contributed by atoms with E-state index in [0.717, 1.165) is 17.0 Å². The van der Waals surface area contributed by atoms with Gasteiger partial charge in [0.25, 0.3) is 0 Å². The Morgan fingerprint density at radius 1 is 1.00 bits per heavy atom. The van der Waals surface area contributed by atoms with Gasteiger partial charge < -0.3 is 10.1 Å². The summed E-state index contributed by atoms with van der Waals surface area (Å²) in [5, 5.41) is 3.41. The van der Waals surface area contributed by atoms with Gasteiger partial charge in [-0.25, -0.2) is 0 Å². The third-order valence-electron chi connectivity index (χ3n) is 3.72. The predicted octanol–water partition coefficient (Wildman–Crippen LogP) is 3.40. The number of nitrogens with one attached hydrogen (secondary N) is 1. The monoisotopic (exact) mass is 279 g/mol. The lowest BCUT2D eigenvalue weighted by atomic mass is 9.92. The molecule has 21 heavy (non-hydrogen) atoms. The molecule has 1 aliphatic carbocycles. The maximum atomic E-state index is 12.1. The zero-order chi connectivity index (χ0) is 14.7. The van der Waals surface area contributed by atoms with Crippen LogP contribution in [-0.4, -0.2) is 18.9 Å². The van der Waals surface area contributed by atoms with E-state index >= 15 is 0 Å². The number of anilines is 1. The van der Waals surface area contributed by atoms with Gasteiger partial charge in [-0.3, -0.25) is 4.79 Å². The molecule has 106 valence electrons. The zero-order valence-electron chi connectivity index (χ0n) is 11.8. The van der Waals surface area contributed by atoms with E-state index in [1.54, 1.807) is 13.2 Å². The van der Waals surface area contributed by atoms with E-state index in [1.807, 2.05) is 60.7 Å². The van der Waals surface area contributed by atoms with Crippen molar-refractivity contribution in [3.8, 4) is 5.75 Å². The van der Waals surface area contributed by atoms with Gasteiger partial charge in [-0.1, -0.05) is 36.4 Å². The molecule has 0 aliphatic heterocycles. The first-order valence-corrected chi connectivity index (χ1v) is 6.95. The number of carbonyl (C=O) groups is 1. The number of ketones is 1. The number of hydrogen-bond donors (Lipinski definition) is 1. The highest BCUT2D eigenvalue weighted by Gasteiger charge is 2.31. The molecule has 0 spiro atoms. The fraction of sp³-hybridized carbons (Fsp3) is 0.167. The van der Waals surface area contributed by atoms with Gasteiger partial charge in [-0.15, -0.1) is 0 Å². The molecule has 0 unspecified atom stereocenters. The number of ether oxygens (including phenoxy) is 1.